The minimum absolute atomic E-state index is 0.0126. The summed E-state index contributed by atoms with van der Waals surface area (Å²) in [6.45, 7) is 0.864. The predicted molar refractivity (Wildman–Crippen MR) is 101 cm³/mol. The van der Waals surface area contributed by atoms with Gasteiger partial charge in [0.05, 0.1) is 10.5 Å². The number of hydrogen-bond donors (Lipinski definition) is 0. The third-order valence-electron chi connectivity index (χ3n) is 5.23. The van der Waals surface area contributed by atoms with Gasteiger partial charge in [-0.2, -0.15) is 34.5 Å². The molecule has 2 aliphatic heterocycles. The van der Waals surface area contributed by atoms with Crippen LogP contribution in [0.5, 0.6) is 0 Å². The minimum Gasteiger partial charge on any atom is -0.207 e. The molecule has 2 aliphatic rings. The van der Waals surface area contributed by atoms with E-state index in [0.717, 1.165) is 54.3 Å². The molecule has 7 nitrogen and oxygen atoms in total. The normalized spacial score (nSPS) is 21.8. The van der Waals surface area contributed by atoms with Crippen molar-refractivity contribution in [3.63, 3.8) is 0 Å². The van der Waals surface area contributed by atoms with E-state index in [9.17, 15) is 30.0 Å². The molecule has 0 bridgehead atoms. The zero-order valence-corrected chi connectivity index (χ0v) is 17.4. The lowest BCUT2D eigenvalue weighted by molar-refractivity contribution is -0.137. The average Bonchev–Trinajstić information content (AvgIpc) is 2.97. The van der Waals surface area contributed by atoms with Crippen LogP contribution in [-0.4, -0.2) is 69.0 Å². The van der Waals surface area contributed by atoms with E-state index in [2.05, 4.69) is 0 Å². The summed E-state index contributed by atoms with van der Waals surface area (Å²) in [5, 5.41) is 0. The SMILES string of the molecule is O=S(=O)(c1ccc(C(F)(F)F)cc1)N1CCN(S(=O)(=O)N2CCCCCC2)CC1. The van der Waals surface area contributed by atoms with Gasteiger partial charge in [0.1, 0.15) is 0 Å². The molecule has 0 saturated carbocycles. The smallest absolute Gasteiger partial charge is 0.207 e. The first-order valence-electron chi connectivity index (χ1n) is 9.45. The van der Waals surface area contributed by atoms with Crippen molar-refractivity contribution in [3.05, 3.63) is 29.8 Å². The van der Waals surface area contributed by atoms with Crippen molar-refractivity contribution in [1.29, 1.82) is 0 Å². The van der Waals surface area contributed by atoms with Gasteiger partial charge in [0.25, 0.3) is 10.2 Å². The molecular weight excluding hydrogens is 431 g/mol. The zero-order valence-electron chi connectivity index (χ0n) is 15.8. The Kier molecular flexibility index (Phi) is 6.59. The summed E-state index contributed by atoms with van der Waals surface area (Å²) in [6.07, 6.45) is -0.949. The quantitative estimate of drug-likeness (QED) is 0.697. The van der Waals surface area contributed by atoms with E-state index >= 15 is 0 Å². The minimum atomic E-state index is -4.55. The number of piperazine rings is 1. The highest BCUT2D eigenvalue weighted by molar-refractivity contribution is 7.89. The molecule has 0 spiro atoms. The van der Waals surface area contributed by atoms with Crippen molar-refractivity contribution < 1.29 is 30.0 Å². The molecular formula is C17H24F3N3O4S2. The largest absolute Gasteiger partial charge is 0.416 e. The molecule has 2 fully saturated rings. The van der Waals surface area contributed by atoms with E-state index < -0.39 is 32.0 Å². The van der Waals surface area contributed by atoms with Gasteiger partial charge in [-0.1, -0.05) is 12.8 Å². The summed E-state index contributed by atoms with van der Waals surface area (Å²) < 4.78 is 93.0. The Morgan fingerprint density at radius 2 is 1.10 bits per heavy atom. The maximum atomic E-state index is 12.8. The highest BCUT2D eigenvalue weighted by atomic mass is 32.2. The molecule has 0 unspecified atom stereocenters. The maximum absolute atomic E-state index is 12.8. The predicted octanol–water partition coefficient (Wildman–Crippen LogP) is 2.13. The van der Waals surface area contributed by atoms with E-state index in [-0.39, 0.29) is 31.1 Å². The van der Waals surface area contributed by atoms with Gasteiger partial charge in [-0.15, -0.1) is 0 Å². The molecule has 1 aromatic rings. The molecule has 12 heteroatoms. The second-order valence-corrected chi connectivity index (χ2v) is 11.0. The molecule has 2 saturated heterocycles. The monoisotopic (exact) mass is 455 g/mol. The summed E-state index contributed by atoms with van der Waals surface area (Å²) in [6, 6.07) is 3.32. The highest BCUT2D eigenvalue weighted by Gasteiger charge is 2.36. The standard InChI is InChI=1S/C17H24F3N3O4S2/c18-17(19,20)15-5-7-16(8-6-15)28(24,25)21-11-13-23(14-12-21)29(26,27)22-9-3-1-2-4-10-22/h5-8H,1-4,9-14H2. The third-order valence-corrected chi connectivity index (χ3v) is 9.18. The van der Waals surface area contributed by atoms with Crippen molar-refractivity contribution in [2.45, 2.75) is 36.8 Å². The molecule has 0 aromatic heterocycles. The van der Waals surface area contributed by atoms with E-state index in [1.54, 1.807) is 0 Å². The van der Waals surface area contributed by atoms with Gasteiger partial charge in [0, 0.05) is 39.3 Å². The van der Waals surface area contributed by atoms with E-state index in [1.807, 2.05) is 0 Å². The first-order chi connectivity index (χ1) is 13.5. The second kappa shape index (κ2) is 8.50. The van der Waals surface area contributed by atoms with Crippen LogP contribution in [0.4, 0.5) is 13.2 Å². The van der Waals surface area contributed by atoms with Gasteiger partial charge in [-0.05, 0) is 37.1 Å². The van der Waals surface area contributed by atoms with Gasteiger partial charge >= 0.3 is 6.18 Å². The van der Waals surface area contributed by atoms with Crippen LogP contribution in [0.3, 0.4) is 0 Å². The number of nitrogens with zero attached hydrogens (tertiary/aromatic N) is 3. The van der Waals surface area contributed by atoms with Crippen LogP contribution in [0, 0.1) is 0 Å². The summed E-state index contributed by atoms with van der Waals surface area (Å²) in [4.78, 5) is -0.241. The number of sulfonamides is 1. The van der Waals surface area contributed by atoms with E-state index in [0.29, 0.717) is 13.1 Å². The summed E-state index contributed by atoms with van der Waals surface area (Å²) in [7, 11) is -7.64. The lowest BCUT2D eigenvalue weighted by Gasteiger charge is -2.36. The fraction of sp³-hybridized carbons (Fsp3) is 0.647. The number of rotatable bonds is 4. The van der Waals surface area contributed by atoms with Gasteiger partial charge in [-0.25, -0.2) is 8.42 Å². The molecule has 0 N–H and O–H groups in total. The first-order valence-corrected chi connectivity index (χ1v) is 12.3. The van der Waals surface area contributed by atoms with E-state index in [4.69, 9.17) is 0 Å². The number of alkyl halides is 3. The number of halogens is 3. The summed E-state index contributed by atoms with van der Waals surface area (Å²) in [5.74, 6) is 0. The van der Waals surface area contributed by atoms with Gasteiger partial charge < -0.3 is 0 Å². The van der Waals surface area contributed by atoms with Crippen LogP contribution >= 0.6 is 0 Å². The molecule has 164 valence electrons. The van der Waals surface area contributed by atoms with Crippen molar-refractivity contribution in [1.82, 2.24) is 12.9 Å². The number of benzene rings is 1. The molecule has 0 amide bonds. The Hall–Kier alpha value is -1.21. The lowest BCUT2D eigenvalue weighted by atomic mass is 10.2. The fourth-order valence-corrected chi connectivity index (χ4v) is 6.63. The van der Waals surface area contributed by atoms with Crippen LogP contribution in [0.15, 0.2) is 29.2 Å². The van der Waals surface area contributed by atoms with Gasteiger partial charge in [-0.3, -0.25) is 0 Å². The van der Waals surface area contributed by atoms with Crippen LogP contribution < -0.4 is 0 Å². The maximum Gasteiger partial charge on any atom is 0.416 e. The highest BCUT2D eigenvalue weighted by Crippen LogP contribution is 2.30. The first kappa shape index (κ1) is 22.5. The Labute approximate surface area is 169 Å². The van der Waals surface area contributed by atoms with Gasteiger partial charge in [0.2, 0.25) is 10.0 Å². The summed E-state index contributed by atoms with van der Waals surface area (Å²) >= 11 is 0. The van der Waals surface area contributed by atoms with E-state index in [1.165, 1.54) is 8.61 Å². The Morgan fingerprint density at radius 3 is 1.59 bits per heavy atom. The molecule has 0 aliphatic carbocycles. The van der Waals surface area contributed by atoms with Crippen LogP contribution in [0.1, 0.15) is 31.2 Å². The number of hydrogen-bond acceptors (Lipinski definition) is 4. The molecule has 0 atom stereocenters. The Morgan fingerprint density at radius 1 is 0.655 bits per heavy atom. The lowest BCUT2D eigenvalue weighted by Crippen LogP contribution is -2.54. The molecule has 2 heterocycles. The fourth-order valence-electron chi connectivity index (χ4n) is 3.54. The van der Waals surface area contributed by atoms with Crippen LogP contribution in [0.2, 0.25) is 0 Å². The zero-order chi connectivity index (χ0) is 21.3. The van der Waals surface area contributed by atoms with Crippen LogP contribution in [-0.2, 0) is 26.4 Å². The van der Waals surface area contributed by atoms with Gasteiger partial charge in [0.15, 0.2) is 0 Å². The van der Waals surface area contributed by atoms with Crippen LogP contribution in [0.25, 0.3) is 0 Å². The van der Waals surface area contributed by atoms with Crippen molar-refractivity contribution in [2.75, 3.05) is 39.3 Å². The molecule has 29 heavy (non-hydrogen) atoms. The summed E-state index contributed by atoms with van der Waals surface area (Å²) in [5.41, 5.74) is -0.926. The van der Waals surface area contributed by atoms with Crippen molar-refractivity contribution in [3.8, 4) is 0 Å². The Bertz CT molecular complexity index is 902. The topological polar surface area (TPSA) is 78.0 Å². The van der Waals surface area contributed by atoms with Crippen molar-refractivity contribution >= 4 is 20.2 Å². The second-order valence-electron chi connectivity index (χ2n) is 7.15. The van der Waals surface area contributed by atoms with Crippen molar-refractivity contribution in [2.24, 2.45) is 0 Å². The molecule has 0 radical (unpaired) electrons. The molecule has 3 rings (SSSR count). The third kappa shape index (κ3) is 4.93. The molecule has 1 aromatic carbocycles. The average molecular weight is 456 g/mol. The Balaban J connectivity index is 1.68.